The Balaban J connectivity index is 4.01. The van der Waals surface area contributed by atoms with E-state index in [0.29, 0.717) is 0 Å². The number of unbranched alkanes of at least 4 members (excludes halogenated alkanes) is 3. The van der Waals surface area contributed by atoms with E-state index < -0.39 is 6.10 Å². The summed E-state index contributed by atoms with van der Waals surface area (Å²) in [7, 11) is 0. The van der Waals surface area contributed by atoms with Crippen LogP contribution in [-0.4, -0.2) is 35.1 Å². The van der Waals surface area contributed by atoms with Gasteiger partial charge in [0.15, 0.2) is 0 Å². The van der Waals surface area contributed by atoms with E-state index in [1.165, 1.54) is 12.8 Å². The monoisotopic (exact) mass is 243 g/mol. The summed E-state index contributed by atoms with van der Waals surface area (Å²) in [5, 5.41) is 9.98. The number of aliphatic hydroxyl groups excluding tert-OH is 1. The van der Waals surface area contributed by atoms with Crippen molar-refractivity contribution in [2.45, 2.75) is 65.9 Å². The second-order valence-electron chi connectivity index (χ2n) is 4.72. The predicted molar refractivity (Wildman–Crippen MR) is 71.9 cm³/mol. The highest BCUT2D eigenvalue weighted by atomic mass is 16.3. The SMILES string of the molecule is CCCCCCC(O)C(C)C(=O)N(CC)CC. The average molecular weight is 243 g/mol. The maximum absolute atomic E-state index is 12.0. The first-order chi connectivity index (χ1) is 8.08. The Labute approximate surface area is 106 Å². The van der Waals surface area contributed by atoms with Crippen LogP contribution >= 0.6 is 0 Å². The van der Waals surface area contributed by atoms with Crippen molar-refractivity contribution in [3.8, 4) is 0 Å². The van der Waals surface area contributed by atoms with Crippen LogP contribution in [0.4, 0.5) is 0 Å². The number of hydrogen-bond donors (Lipinski definition) is 1. The van der Waals surface area contributed by atoms with Gasteiger partial charge in [-0.2, -0.15) is 0 Å². The zero-order valence-corrected chi connectivity index (χ0v) is 11.9. The molecule has 1 N–H and O–H groups in total. The number of aliphatic hydroxyl groups is 1. The third-order valence-electron chi connectivity index (χ3n) is 3.40. The van der Waals surface area contributed by atoms with Crippen LogP contribution < -0.4 is 0 Å². The Kier molecular flexibility index (Phi) is 9.14. The Morgan fingerprint density at radius 1 is 1.12 bits per heavy atom. The first-order valence-corrected chi connectivity index (χ1v) is 7.05. The summed E-state index contributed by atoms with van der Waals surface area (Å²) in [6.45, 7) is 9.40. The number of rotatable bonds is 9. The van der Waals surface area contributed by atoms with Gasteiger partial charge in [0, 0.05) is 13.1 Å². The lowest BCUT2D eigenvalue weighted by atomic mass is 9.97. The minimum Gasteiger partial charge on any atom is -0.392 e. The third kappa shape index (κ3) is 6.06. The molecule has 0 saturated carbocycles. The van der Waals surface area contributed by atoms with Gasteiger partial charge in [-0.3, -0.25) is 4.79 Å². The normalized spacial score (nSPS) is 14.4. The molecule has 2 atom stereocenters. The molecule has 3 heteroatoms. The van der Waals surface area contributed by atoms with E-state index in [2.05, 4.69) is 6.92 Å². The molecule has 0 radical (unpaired) electrons. The van der Waals surface area contributed by atoms with Crippen molar-refractivity contribution in [2.75, 3.05) is 13.1 Å². The second-order valence-corrected chi connectivity index (χ2v) is 4.72. The smallest absolute Gasteiger partial charge is 0.227 e. The van der Waals surface area contributed by atoms with E-state index in [4.69, 9.17) is 0 Å². The van der Waals surface area contributed by atoms with Crippen LogP contribution in [0.1, 0.15) is 59.8 Å². The number of hydrogen-bond acceptors (Lipinski definition) is 2. The van der Waals surface area contributed by atoms with E-state index in [1.807, 2.05) is 20.8 Å². The van der Waals surface area contributed by atoms with E-state index in [-0.39, 0.29) is 11.8 Å². The molecule has 17 heavy (non-hydrogen) atoms. The molecule has 0 aromatic carbocycles. The molecule has 0 aliphatic heterocycles. The number of carbonyl (C=O) groups is 1. The quantitative estimate of drug-likeness (QED) is 0.633. The molecule has 0 spiro atoms. The first-order valence-electron chi connectivity index (χ1n) is 7.05. The van der Waals surface area contributed by atoms with Gasteiger partial charge in [0.25, 0.3) is 0 Å². The van der Waals surface area contributed by atoms with Gasteiger partial charge in [-0.1, -0.05) is 39.5 Å². The van der Waals surface area contributed by atoms with Gasteiger partial charge in [-0.25, -0.2) is 0 Å². The maximum Gasteiger partial charge on any atom is 0.227 e. The highest BCUT2D eigenvalue weighted by molar-refractivity contribution is 5.79. The molecule has 0 rings (SSSR count). The van der Waals surface area contributed by atoms with Gasteiger partial charge in [0.05, 0.1) is 12.0 Å². The molecule has 1 amide bonds. The summed E-state index contributed by atoms with van der Waals surface area (Å²) in [6.07, 6.45) is 4.84. The molecule has 0 fully saturated rings. The van der Waals surface area contributed by atoms with Crippen molar-refractivity contribution in [3.63, 3.8) is 0 Å². The molecule has 0 aromatic rings. The predicted octanol–water partition coefficient (Wildman–Crippen LogP) is 2.82. The molecular formula is C14H29NO2. The third-order valence-corrected chi connectivity index (χ3v) is 3.40. The van der Waals surface area contributed by atoms with Gasteiger partial charge >= 0.3 is 0 Å². The van der Waals surface area contributed by atoms with Crippen molar-refractivity contribution in [3.05, 3.63) is 0 Å². The van der Waals surface area contributed by atoms with E-state index in [9.17, 15) is 9.90 Å². The topological polar surface area (TPSA) is 40.5 Å². The molecule has 0 aromatic heterocycles. The summed E-state index contributed by atoms with van der Waals surface area (Å²) < 4.78 is 0. The summed E-state index contributed by atoms with van der Waals surface area (Å²) in [5.74, 6) is -0.186. The zero-order chi connectivity index (χ0) is 13.3. The Hall–Kier alpha value is -0.570. The van der Waals surface area contributed by atoms with Crippen LogP contribution in [0.5, 0.6) is 0 Å². The van der Waals surface area contributed by atoms with Crippen molar-refractivity contribution in [2.24, 2.45) is 5.92 Å². The van der Waals surface area contributed by atoms with E-state index in [1.54, 1.807) is 4.90 Å². The van der Waals surface area contributed by atoms with Gasteiger partial charge in [0.1, 0.15) is 0 Å². The lowest BCUT2D eigenvalue weighted by Gasteiger charge is -2.25. The fourth-order valence-electron chi connectivity index (χ4n) is 2.02. The minimum absolute atomic E-state index is 0.0815. The summed E-state index contributed by atoms with van der Waals surface area (Å²) >= 11 is 0. The van der Waals surface area contributed by atoms with Gasteiger partial charge in [-0.15, -0.1) is 0 Å². The Morgan fingerprint density at radius 2 is 1.71 bits per heavy atom. The van der Waals surface area contributed by atoms with Crippen molar-refractivity contribution < 1.29 is 9.90 Å². The molecule has 0 heterocycles. The molecule has 3 nitrogen and oxygen atoms in total. The fourth-order valence-corrected chi connectivity index (χ4v) is 2.02. The number of amides is 1. The summed E-state index contributed by atoms with van der Waals surface area (Å²) in [5.41, 5.74) is 0. The molecule has 0 aliphatic carbocycles. The molecular weight excluding hydrogens is 214 g/mol. The Morgan fingerprint density at radius 3 is 2.18 bits per heavy atom. The van der Waals surface area contributed by atoms with Gasteiger partial charge in [0.2, 0.25) is 5.91 Å². The number of nitrogens with zero attached hydrogens (tertiary/aromatic N) is 1. The van der Waals surface area contributed by atoms with Crippen molar-refractivity contribution in [1.82, 2.24) is 4.90 Å². The van der Waals surface area contributed by atoms with Crippen LogP contribution in [0.3, 0.4) is 0 Å². The first kappa shape index (κ1) is 16.4. The second kappa shape index (κ2) is 9.46. The fraction of sp³-hybridized carbons (Fsp3) is 0.929. The molecule has 0 aliphatic rings. The van der Waals surface area contributed by atoms with Crippen LogP contribution in [0.15, 0.2) is 0 Å². The van der Waals surface area contributed by atoms with E-state index >= 15 is 0 Å². The summed E-state index contributed by atoms with van der Waals surface area (Å²) in [4.78, 5) is 13.8. The van der Waals surface area contributed by atoms with E-state index in [0.717, 1.165) is 32.4 Å². The standard InChI is InChI=1S/C14H29NO2/c1-5-8-9-10-11-13(16)12(4)14(17)15(6-2)7-3/h12-13,16H,5-11H2,1-4H3. The van der Waals surface area contributed by atoms with Crippen LogP contribution in [0, 0.1) is 5.92 Å². The van der Waals surface area contributed by atoms with Gasteiger partial charge < -0.3 is 10.0 Å². The minimum atomic E-state index is -0.486. The largest absolute Gasteiger partial charge is 0.392 e. The molecule has 2 unspecified atom stereocenters. The van der Waals surface area contributed by atoms with Crippen molar-refractivity contribution >= 4 is 5.91 Å². The van der Waals surface area contributed by atoms with Crippen LogP contribution in [0.25, 0.3) is 0 Å². The average Bonchev–Trinajstić information content (AvgIpc) is 2.34. The van der Waals surface area contributed by atoms with Crippen LogP contribution in [-0.2, 0) is 4.79 Å². The van der Waals surface area contributed by atoms with Crippen molar-refractivity contribution in [1.29, 1.82) is 0 Å². The maximum atomic E-state index is 12.0. The van der Waals surface area contributed by atoms with Gasteiger partial charge in [-0.05, 0) is 20.3 Å². The number of carbonyl (C=O) groups excluding carboxylic acids is 1. The highest BCUT2D eigenvalue weighted by Gasteiger charge is 2.24. The molecule has 102 valence electrons. The highest BCUT2D eigenvalue weighted by Crippen LogP contribution is 2.14. The van der Waals surface area contributed by atoms with Crippen LogP contribution in [0.2, 0.25) is 0 Å². The molecule has 0 bridgehead atoms. The summed E-state index contributed by atoms with van der Waals surface area (Å²) in [6, 6.07) is 0. The zero-order valence-electron chi connectivity index (χ0n) is 11.9. The lowest BCUT2D eigenvalue weighted by molar-refractivity contribution is -0.138. The Bertz CT molecular complexity index is 202. The lowest BCUT2D eigenvalue weighted by Crippen LogP contribution is -2.39. The molecule has 0 saturated heterocycles.